The van der Waals surface area contributed by atoms with Gasteiger partial charge in [0.2, 0.25) is 0 Å². The second kappa shape index (κ2) is 5.36. The number of carboxylic acids is 1. The summed E-state index contributed by atoms with van der Waals surface area (Å²) in [5, 5.41) is 9.14. The zero-order valence-electron chi connectivity index (χ0n) is 11.6. The van der Waals surface area contributed by atoms with Gasteiger partial charge in [-0.05, 0) is 32.6 Å². The van der Waals surface area contributed by atoms with Crippen LogP contribution in [0, 0.1) is 0 Å². The van der Waals surface area contributed by atoms with Gasteiger partial charge in [-0.2, -0.15) is 0 Å². The van der Waals surface area contributed by atoms with E-state index < -0.39 is 12.0 Å². The first-order chi connectivity index (χ1) is 8.97. The Morgan fingerprint density at radius 3 is 2.68 bits per heavy atom. The molecular formula is C13H22N2O4. The van der Waals surface area contributed by atoms with Crippen LogP contribution in [-0.2, 0) is 9.53 Å². The summed E-state index contributed by atoms with van der Waals surface area (Å²) in [6.07, 6.45) is 3.13. The number of hydrogen-bond donors (Lipinski definition) is 1. The van der Waals surface area contributed by atoms with E-state index >= 15 is 0 Å². The molecule has 2 heterocycles. The zero-order valence-corrected chi connectivity index (χ0v) is 11.6. The Kier molecular flexibility index (Phi) is 3.99. The van der Waals surface area contributed by atoms with E-state index in [2.05, 4.69) is 0 Å². The minimum atomic E-state index is -0.905. The number of carbonyl (C=O) groups is 2. The van der Waals surface area contributed by atoms with Crippen molar-refractivity contribution in [3.63, 3.8) is 0 Å². The summed E-state index contributed by atoms with van der Waals surface area (Å²) in [6.45, 7) is 3.74. The summed E-state index contributed by atoms with van der Waals surface area (Å²) < 4.78 is 5.47. The molecule has 0 aromatic heterocycles. The molecule has 0 saturated carbocycles. The number of carbonyl (C=O) groups excluding carboxylic acids is 1. The Morgan fingerprint density at radius 2 is 2.05 bits per heavy atom. The SMILES string of the molecule is COC1(C)CCCN(C(=O)N2CCC[C@H]2C(=O)O)C1. The number of nitrogens with zero attached hydrogens (tertiary/aromatic N) is 2. The van der Waals surface area contributed by atoms with Crippen LogP contribution in [0.1, 0.15) is 32.6 Å². The van der Waals surface area contributed by atoms with Crippen LogP contribution in [0.3, 0.4) is 0 Å². The van der Waals surface area contributed by atoms with E-state index in [-0.39, 0.29) is 11.6 Å². The molecule has 2 rings (SSSR count). The average Bonchev–Trinajstić information content (AvgIpc) is 2.87. The van der Waals surface area contributed by atoms with Gasteiger partial charge in [0, 0.05) is 20.2 Å². The highest BCUT2D eigenvalue weighted by Crippen LogP contribution is 2.26. The lowest BCUT2D eigenvalue weighted by Gasteiger charge is -2.41. The molecule has 108 valence electrons. The normalized spacial score (nSPS) is 31.6. The lowest BCUT2D eigenvalue weighted by molar-refractivity contribution is -0.141. The fourth-order valence-corrected chi connectivity index (χ4v) is 2.97. The maximum atomic E-state index is 12.5. The number of methoxy groups -OCH3 is 1. The van der Waals surface area contributed by atoms with Crippen molar-refractivity contribution in [2.75, 3.05) is 26.7 Å². The Hall–Kier alpha value is -1.30. The Labute approximate surface area is 113 Å². The van der Waals surface area contributed by atoms with Gasteiger partial charge in [0.1, 0.15) is 6.04 Å². The number of aliphatic carboxylic acids is 1. The monoisotopic (exact) mass is 270 g/mol. The van der Waals surface area contributed by atoms with Crippen LogP contribution < -0.4 is 0 Å². The first-order valence-electron chi connectivity index (χ1n) is 6.80. The fraction of sp³-hybridized carbons (Fsp3) is 0.846. The largest absolute Gasteiger partial charge is 0.480 e. The molecule has 0 radical (unpaired) electrons. The van der Waals surface area contributed by atoms with Gasteiger partial charge in [0.05, 0.1) is 12.1 Å². The molecule has 2 amide bonds. The molecule has 0 bridgehead atoms. The number of amides is 2. The van der Waals surface area contributed by atoms with Crippen molar-refractivity contribution in [3.05, 3.63) is 0 Å². The third-order valence-electron chi connectivity index (χ3n) is 4.21. The number of urea groups is 1. The van der Waals surface area contributed by atoms with Crippen molar-refractivity contribution in [1.82, 2.24) is 9.80 Å². The molecule has 2 aliphatic rings. The van der Waals surface area contributed by atoms with Gasteiger partial charge in [-0.25, -0.2) is 9.59 Å². The Morgan fingerprint density at radius 1 is 1.32 bits per heavy atom. The van der Waals surface area contributed by atoms with Crippen LogP contribution in [0.5, 0.6) is 0 Å². The Balaban J connectivity index is 2.05. The van der Waals surface area contributed by atoms with Crippen LogP contribution in [0.4, 0.5) is 4.79 Å². The lowest BCUT2D eigenvalue weighted by atomic mass is 9.95. The van der Waals surface area contributed by atoms with Gasteiger partial charge in [-0.3, -0.25) is 0 Å². The highest BCUT2D eigenvalue weighted by Gasteiger charge is 2.39. The maximum Gasteiger partial charge on any atom is 0.326 e. The molecule has 1 unspecified atom stereocenters. The van der Waals surface area contributed by atoms with Crippen molar-refractivity contribution in [1.29, 1.82) is 0 Å². The first-order valence-corrected chi connectivity index (χ1v) is 6.80. The molecule has 0 aromatic carbocycles. The van der Waals surface area contributed by atoms with Gasteiger partial charge in [-0.15, -0.1) is 0 Å². The first kappa shape index (κ1) is 14.1. The maximum absolute atomic E-state index is 12.5. The molecule has 19 heavy (non-hydrogen) atoms. The van der Waals surface area contributed by atoms with Gasteiger partial charge in [0.15, 0.2) is 0 Å². The van der Waals surface area contributed by atoms with E-state index in [0.29, 0.717) is 26.1 Å². The number of carboxylic acid groups (broad SMARTS) is 1. The molecule has 2 aliphatic heterocycles. The smallest absolute Gasteiger partial charge is 0.326 e. The fourth-order valence-electron chi connectivity index (χ4n) is 2.97. The van der Waals surface area contributed by atoms with Crippen LogP contribution in [0.15, 0.2) is 0 Å². The number of hydrogen-bond acceptors (Lipinski definition) is 3. The van der Waals surface area contributed by atoms with E-state index in [1.807, 2.05) is 6.92 Å². The number of ether oxygens (including phenoxy) is 1. The molecular weight excluding hydrogens is 248 g/mol. The topological polar surface area (TPSA) is 70.1 Å². The molecule has 0 aliphatic carbocycles. The van der Waals surface area contributed by atoms with E-state index in [1.165, 1.54) is 4.90 Å². The number of likely N-dealkylation sites (tertiary alicyclic amines) is 2. The summed E-state index contributed by atoms with van der Waals surface area (Å²) in [5.74, 6) is -0.905. The van der Waals surface area contributed by atoms with Crippen molar-refractivity contribution in [2.45, 2.75) is 44.2 Å². The van der Waals surface area contributed by atoms with Crippen LogP contribution in [-0.4, -0.2) is 65.3 Å². The Bertz CT molecular complexity index is 374. The van der Waals surface area contributed by atoms with Crippen molar-refractivity contribution in [3.8, 4) is 0 Å². The van der Waals surface area contributed by atoms with Gasteiger partial charge in [0.25, 0.3) is 0 Å². The van der Waals surface area contributed by atoms with E-state index in [1.54, 1.807) is 12.0 Å². The van der Waals surface area contributed by atoms with E-state index in [0.717, 1.165) is 19.3 Å². The average molecular weight is 270 g/mol. The highest BCUT2D eigenvalue weighted by molar-refractivity contribution is 5.83. The minimum absolute atomic E-state index is 0.159. The third kappa shape index (κ3) is 2.83. The molecule has 2 saturated heterocycles. The lowest BCUT2D eigenvalue weighted by Crippen LogP contribution is -2.55. The predicted octanol–water partition coefficient (Wildman–Crippen LogP) is 1.16. The van der Waals surface area contributed by atoms with Gasteiger partial charge in [-0.1, -0.05) is 0 Å². The van der Waals surface area contributed by atoms with Crippen LogP contribution in [0.2, 0.25) is 0 Å². The number of piperidine rings is 1. The second-order valence-electron chi connectivity index (χ2n) is 5.65. The molecule has 2 fully saturated rings. The summed E-state index contributed by atoms with van der Waals surface area (Å²) in [5.41, 5.74) is -0.313. The van der Waals surface area contributed by atoms with Gasteiger partial charge >= 0.3 is 12.0 Å². The molecule has 0 spiro atoms. The standard InChI is InChI=1S/C13H22N2O4/c1-13(19-2)6-4-7-14(9-13)12(18)15-8-3-5-10(15)11(16)17/h10H,3-9H2,1-2H3,(H,16,17)/t10-,13?/m0/s1. The summed E-state index contributed by atoms with van der Waals surface area (Å²) in [6, 6.07) is -0.823. The molecule has 1 N–H and O–H groups in total. The molecule has 0 aromatic rings. The summed E-state index contributed by atoms with van der Waals surface area (Å²) in [7, 11) is 1.66. The molecule has 2 atom stereocenters. The van der Waals surface area contributed by atoms with Crippen molar-refractivity contribution >= 4 is 12.0 Å². The summed E-state index contributed by atoms with van der Waals surface area (Å²) in [4.78, 5) is 26.8. The number of rotatable bonds is 2. The molecule has 6 heteroatoms. The molecule has 6 nitrogen and oxygen atoms in total. The predicted molar refractivity (Wildman–Crippen MR) is 69.0 cm³/mol. The van der Waals surface area contributed by atoms with Crippen molar-refractivity contribution in [2.24, 2.45) is 0 Å². The summed E-state index contributed by atoms with van der Waals surface area (Å²) >= 11 is 0. The van der Waals surface area contributed by atoms with E-state index in [9.17, 15) is 9.59 Å². The second-order valence-corrected chi connectivity index (χ2v) is 5.65. The minimum Gasteiger partial charge on any atom is -0.480 e. The van der Waals surface area contributed by atoms with E-state index in [4.69, 9.17) is 9.84 Å². The van der Waals surface area contributed by atoms with Crippen molar-refractivity contribution < 1.29 is 19.4 Å². The zero-order chi connectivity index (χ0) is 14.0. The highest BCUT2D eigenvalue weighted by atomic mass is 16.5. The van der Waals surface area contributed by atoms with Gasteiger partial charge < -0.3 is 19.6 Å². The van der Waals surface area contributed by atoms with Crippen LogP contribution in [0.25, 0.3) is 0 Å². The third-order valence-corrected chi connectivity index (χ3v) is 4.21. The van der Waals surface area contributed by atoms with Crippen LogP contribution >= 0.6 is 0 Å². The quantitative estimate of drug-likeness (QED) is 0.817.